The van der Waals surface area contributed by atoms with Crippen molar-refractivity contribution in [3.05, 3.63) is 59.3 Å². The van der Waals surface area contributed by atoms with Gasteiger partial charge < -0.3 is 5.11 Å². The smallest absolute Gasteiger partial charge is 0.396 e. The van der Waals surface area contributed by atoms with E-state index in [0.29, 0.717) is 16.5 Å². The summed E-state index contributed by atoms with van der Waals surface area (Å²) in [4.78, 5) is 4.11. The number of aliphatic hydroxyl groups is 1. The zero-order chi connectivity index (χ0) is 17.3. The SMILES string of the molecule is OCCc1cn(Cc2ccc(F)c3cccnc23)nc1C(F)(F)F. The molecule has 0 saturated carbocycles. The summed E-state index contributed by atoms with van der Waals surface area (Å²) in [6, 6.07) is 5.88. The van der Waals surface area contributed by atoms with Gasteiger partial charge in [-0.2, -0.15) is 18.3 Å². The van der Waals surface area contributed by atoms with Gasteiger partial charge in [0, 0.05) is 35.5 Å². The summed E-state index contributed by atoms with van der Waals surface area (Å²) in [5, 5.41) is 12.8. The maximum Gasteiger partial charge on any atom is 0.435 e. The molecule has 0 atom stereocenters. The molecule has 0 fully saturated rings. The van der Waals surface area contributed by atoms with Gasteiger partial charge >= 0.3 is 6.18 Å². The number of fused-ring (bicyclic) bond motifs is 1. The topological polar surface area (TPSA) is 50.9 Å². The first kappa shape index (κ1) is 16.4. The van der Waals surface area contributed by atoms with E-state index in [9.17, 15) is 17.6 Å². The molecule has 1 aromatic carbocycles. The molecule has 3 rings (SSSR count). The summed E-state index contributed by atoms with van der Waals surface area (Å²) >= 11 is 0. The molecule has 0 spiro atoms. The number of benzene rings is 1. The van der Waals surface area contributed by atoms with E-state index in [2.05, 4.69) is 10.1 Å². The maximum absolute atomic E-state index is 13.8. The third-order valence-electron chi connectivity index (χ3n) is 3.62. The summed E-state index contributed by atoms with van der Waals surface area (Å²) in [5.41, 5.74) is -0.163. The second-order valence-electron chi connectivity index (χ2n) is 5.28. The number of aliphatic hydroxyl groups excluding tert-OH is 1. The van der Waals surface area contributed by atoms with Crippen LogP contribution in [-0.2, 0) is 19.1 Å². The molecule has 1 N–H and O–H groups in total. The van der Waals surface area contributed by atoms with Crippen LogP contribution in [0, 0.1) is 5.82 Å². The van der Waals surface area contributed by atoms with Gasteiger partial charge in [-0.25, -0.2) is 4.39 Å². The lowest BCUT2D eigenvalue weighted by Gasteiger charge is -2.07. The number of alkyl halides is 3. The van der Waals surface area contributed by atoms with Gasteiger partial charge in [-0.05, 0) is 24.6 Å². The number of halogens is 4. The number of nitrogens with zero attached hydrogens (tertiary/aromatic N) is 3. The third kappa shape index (κ3) is 3.09. The fourth-order valence-electron chi connectivity index (χ4n) is 2.58. The maximum atomic E-state index is 13.8. The Labute approximate surface area is 134 Å². The Morgan fingerprint density at radius 2 is 1.92 bits per heavy atom. The Balaban J connectivity index is 2.02. The minimum Gasteiger partial charge on any atom is -0.396 e. The van der Waals surface area contributed by atoms with Gasteiger partial charge in [0.2, 0.25) is 0 Å². The van der Waals surface area contributed by atoms with Crippen LogP contribution in [-0.4, -0.2) is 26.5 Å². The molecular weight excluding hydrogens is 326 g/mol. The van der Waals surface area contributed by atoms with E-state index < -0.39 is 24.3 Å². The monoisotopic (exact) mass is 339 g/mol. The van der Waals surface area contributed by atoms with E-state index in [1.165, 1.54) is 24.5 Å². The third-order valence-corrected chi connectivity index (χ3v) is 3.62. The van der Waals surface area contributed by atoms with Crippen LogP contribution in [0.1, 0.15) is 16.8 Å². The summed E-state index contributed by atoms with van der Waals surface area (Å²) < 4.78 is 54.0. The molecule has 3 aromatic rings. The number of rotatable bonds is 4. The molecule has 0 radical (unpaired) electrons. The van der Waals surface area contributed by atoms with Crippen molar-refractivity contribution in [2.45, 2.75) is 19.1 Å². The van der Waals surface area contributed by atoms with E-state index >= 15 is 0 Å². The molecule has 126 valence electrons. The normalized spacial score (nSPS) is 12.0. The lowest BCUT2D eigenvalue weighted by Crippen LogP contribution is -2.11. The molecule has 0 bridgehead atoms. The molecule has 2 aromatic heterocycles. The minimum atomic E-state index is -4.60. The zero-order valence-electron chi connectivity index (χ0n) is 12.4. The summed E-state index contributed by atoms with van der Waals surface area (Å²) in [6.45, 7) is -0.391. The van der Waals surface area contributed by atoms with Gasteiger partial charge in [-0.1, -0.05) is 6.07 Å². The average Bonchev–Trinajstić information content (AvgIpc) is 2.94. The van der Waals surface area contributed by atoms with E-state index in [-0.39, 0.29) is 18.5 Å². The van der Waals surface area contributed by atoms with E-state index in [4.69, 9.17) is 5.11 Å². The first-order valence-corrected chi connectivity index (χ1v) is 7.16. The van der Waals surface area contributed by atoms with E-state index in [0.717, 1.165) is 4.68 Å². The highest BCUT2D eigenvalue weighted by molar-refractivity contribution is 5.82. The molecule has 4 nitrogen and oxygen atoms in total. The predicted octanol–water partition coefficient (Wildman–Crippen LogP) is 3.17. The molecule has 0 saturated heterocycles. The molecule has 0 aliphatic rings. The highest BCUT2D eigenvalue weighted by Gasteiger charge is 2.36. The first-order valence-electron chi connectivity index (χ1n) is 7.16. The molecule has 0 amide bonds. The van der Waals surface area contributed by atoms with Gasteiger partial charge in [0.05, 0.1) is 12.1 Å². The Bertz CT molecular complexity index is 873. The lowest BCUT2D eigenvalue weighted by molar-refractivity contribution is -0.142. The summed E-state index contributed by atoms with van der Waals surface area (Å²) in [7, 11) is 0. The quantitative estimate of drug-likeness (QED) is 0.743. The van der Waals surface area contributed by atoms with Crippen LogP contribution in [0.2, 0.25) is 0 Å². The van der Waals surface area contributed by atoms with Crippen LogP contribution in [0.5, 0.6) is 0 Å². The predicted molar refractivity (Wildman–Crippen MR) is 78.8 cm³/mol. The second kappa shape index (κ2) is 6.20. The van der Waals surface area contributed by atoms with Crippen LogP contribution < -0.4 is 0 Å². The Morgan fingerprint density at radius 1 is 1.12 bits per heavy atom. The second-order valence-corrected chi connectivity index (χ2v) is 5.28. The van der Waals surface area contributed by atoms with Crippen LogP contribution in [0.25, 0.3) is 10.9 Å². The Hall–Kier alpha value is -2.48. The van der Waals surface area contributed by atoms with Gasteiger partial charge in [-0.15, -0.1) is 0 Å². The summed E-state index contributed by atoms with van der Waals surface area (Å²) in [5.74, 6) is -0.445. The summed E-state index contributed by atoms with van der Waals surface area (Å²) in [6.07, 6.45) is -2.00. The van der Waals surface area contributed by atoms with Crippen LogP contribution >= 0.6 is 0 Å². The van der Waals surface area contributed by atoms with Crippen LogP contribution in [0.3, 0.4) is 0 Å². The van der Waals surface area contributed by atoms with Crippen molar-refractivity contribution >= 4 is 10.9 Å². The lowest BCUT2D eigenvalue weighted by atomic mass is 10.1. The fourth-order valence-corrected chi connectivity index (χ4v) is 2.58. The highest BCUT2D eigenvalue weighted by atomic mass is 19.4. The van der Waals surface area contributed by atoms with Crippen molar-refractivity contribution in [1.82, 2.24) is 14.8 Å². The standard InChI is InChI=1S/C16H13F4N3O/c17-13-4-3-10(14-12(13)2-1-6-21-14)8-23-9-11(5-7-24)15(22-23)16(18,19)20/h1-4,6,9,24H,5,7-8H2. The highest BCUT2D eigenvalue weighted by Crippen LogP contribution is 2.31. The van der Waals surface area contributed by atoms with Crippen molar-refractivity contribution in [3.63, 3.8) is 0 Å². The Morgan fingerprint density at radius 3 is 2.62 bits per heavy atom. The van der Waals surface area contributed by atoms with Crippen molar-refractivity contribution in [2.75, 3.05) is 6.61 Å². The molecule has 24 heavy (non-hydrogen) atoms. The molecule has 0 unspecified atom stereocenters. The van der Waals surface area contributed by atoms with Gasteiger partial charge in [0.15, 0.2) is 5.69 Å². The number of pyridine rings is 1. The largest absolute Gasteiger partial charge is 0.435 e. The molecule has 8 heteroatoms. The van der Waals surface area contributed by atoms with E-state index in [1.807, 2.05) is 0 Å². The number of hydrogen-bond donors (Lipinski definition) is 1. The van der Waals surface area contributed by atoms with Crippen LogP contribution in [0.15, 0.2) is 36.7 Å². The van der Waals surface area contributed by atoms with E-state index in [1.54, 1.807) is 12.1 Å². The average molecular weight is 339 g/mol. The van der Waals surface area contributed by atoms with Crippen molar-refractivity contribution in [1.29, 1.82) is 0 Å². The number of hydrogen-bond acceptors (Lipinski definition) is 3. The van der Waals surface area contributed by atoms with Crippen molar-refractivity contribution in [2.24, 2.45) is 0 Å². The van der Waals surface area contributed by atoms with Crippen molar-refractivity contribution in [3.8, 4) is 0 Å². The Kier molecular flexibility index (Phi) is 4.23. The van der Waals surface area contributed by atoms with Gasteiger partial charge in [0.1, 0.15) is 5.82 Å². The minimum absolute atomic E-state index is 0.0162. The molecule has 2 heterocycles. The van der Waals surface area contributed by atoms with Gasteiger partial charge in [-0.3, -0.25) is 9.67 Å². The first-order chi connectivity index (χ1) is 11.4. The van der Waals surface area contributed by atoms with Gasteiger partial charge in [0.25, 0.3) is 0 Å². The molecule has 0 aliphatic carbocycles. The zero-order valence-corrected chi connectivity index (χ0v) is 12.4. The number of aromatic nitrogens is 3. The van der Waals surface area contributed by atoms with Crippen LogP contribution in [0.4, 0.5) is 17.6 Å². The molecular formula is C16H13F4N3O. The molecule has 0 aliphatic heterocycles. The van der Waals surface area contributed by atoms with Crippen molar-refractivity contribution < 1.29 is 22.7 Å². The fraction of sp³-hybridized carbons (Fsp3) is 0.250.